The molecule has 2 amide bonds. The highest BCUT2D eigenvalue weighted by Crippen LogP contribution is 2.45. The van der Waals surface area contributed by atoms with Crippen molar-refractivity contribution in [3.8, 4) is 0 Å². The predicted octanol–water partition coefficient (Wildman–Crippen LogP) is 1.51. The number of nitrogens with zero attached hydrogens (tertiary/aromatic N) is 3. The van der Waals surface area contributed by atoms with Crippen molar-refractivity contribution in [1.29, 1.82) is 0 Å². The SMILES string of the molecule is COCCN1CC[C@]2(CN(C(=O)c3cc(C4CC4)on3)C[C@H]2C)C1=O. The van der Waals surface area contributed by atoms with Gasteiger partial charge in [-0.05, 0) is 25.2 Å². The fourth-order valence-electron chi connectivity index (χ4n) is 4.21. The van der Waals surface area contributed by atoms with Crippen LogP contribution in [-0.4, -0.2) is 66.7 Å². The first-order chi connectivity index (χ1) is 12.0. The quantitative estimate of drug-likeness (QED) is 0.807. The zero-order valence-electron chi connectivity index (χ0n) is 14.9. The maximum atomic E-state index is 13.0. The maximum Gasteiger partial charge on any atom is 0.276 e. The Morgan fingerprint density at radius 1 is 1.48 bits per heavy atom. The van der Waals surface area contributed by atoms with Gasteiger partial charge in [-0.15, -0.1) is 0 Å². The van der Waals surface area contributed by atoms with Crippen LogP contribution in [0.3, 0.4) is 0 Å². The van der Waals surface area contributed by atoms with Crippen LogP contribution in [0.1, 0.15) is 48.4 Å². The molecule has 136 valence electrons. The third-order valence-corrected chi connectivity index (χ3v) is 6.03. The van der Waals surface area contributed by atoms with Crippen LogP contribution in [0.5, 0.6) is 0 Å². The van der Waals surface area contributed by atoms with Crippen molar-refractivity contribution in [3.63, 3.8) is 0 Å². The van der Waals surface area contributed by atoms with Gasteiger partial charge in [-0.3, -0.25) is 9.59 Å². The molecular formula is C18H25N3O4. The van der Waals surface area contributed by atoms with E-state index in [2.05, 4.69) is 12.1 Å². The van der Waals surface area contributed by atoms with Gasteiger partial charge in [-0.25, -0.2) is 0 Å². The Morgan fingerprint density at radius 3 is 3.00 bits per heavy atom. The second-order valence-electron chi connectivity index (χ2n) is 7.67. The first kappa shape index (κ1) is 16.6. The lowest BCUT2D eigenvalue weighted by molar-refractivity contribution is -0.137. The minimum atomic E-state index is -0.452. The Hall–Kier alpha value is -1.89. The lowest BCUT2D eigenvalue weighted by Crippen LogP contribution is -2.41. The summed E-state index contributed by atoms with van der Waals surface area (Å²) in [5.74, 6) is 1.43. The number of hydrogen-bond acceptors (Lipinski definition) is 5. The van der Waals surface area contributed by atoms with Crippen molar-refractivity contribution in [3.05, 3.63) is 17.5 Å². The van der Waals surface area contributed by atoms with Gasteiger partial charge in [0.1, 0.15) is 5.76 Å². The zero-order chi connectivity index (χ0) is 17.6. The van der Waals surface area contributed by atoms with E-state index >= 15 is 0 Å². The summed E-state index contributed by atoms with van der Waals surface area (Å²) in [6.45, 7) is 5.04. The highest BCUT2D eigenvalue weighted by Gasteiger charge is 2.56. The molecule has 1 saturated carbocycles. The summed E-state index contributed by atoms with van der Waals surface area (Å²) < 4.78 is 10.4. The average Bonchev–Trinajstić information content (AvgIpc) is 3.11. The molecule has 0 aromatic carbocycles. The highest BCUT2D eigenvalue weighted by molar-refractivity contribution is 5.94. The molecular weight excluding hydrogens is 322 g/mol. The van der Waals surface area contributed by atoms with E-state index < -0.39 is 5.41 Å². The first-order valence-electron chi connectivity index (χ1n) is 9.09. The molecule has 1 aromatic rings. The van der Waals surface area contributed by atoms with Gasteiger partial charge in [0.05, 0.1) is 12.0 Å². The average molecular weight is 347 g/mol. The standard InChI is InChI=1S/C18H25N3O4/c1-12-10-21(16(22)14-9-15(25-19-14)13-3-4-13)11-18(12)5-6-20(17(18)23)7-8-24-2/h9,12-13H,3-8,10-11H2,1-2H3/t12-,18-/m1/s1. The van der Waals surface area contributed by atoms with Crippen LogP contribution < -0.4 is 0 Å². The number of rotatable bonds is 5. The van der Waals surface area contributed by atoms with Crippen molar-refractivity contribution in [2.75, 3.05) is 39.9 Å². The van der Waals surface area contributed by atoms with Crippen molar-refractivity contribution >= 4 is 11.8 Å². The van der Waals surface area contributed by atoms with E-state index in [1.807, 2.05) is 4.90 Å². The number of aromatic nitrogens is 1. The van der Waals surface area contributed by atoms with E-state index in [0.717, 1.165) is 31.6 Å². The molecule has 2 atom stereocenters. The molecule has 0 bridgehead atoms. The molecule has 3 heterocycles. The third kappa shape index (κ3) is 2.74. The summed E-state index contributed by atoms with van der Waals surface area (Å²) >= 11 is 0. The maximum absolute atomic E-state index is 13.0. The molecule has 25 heavy (non-hydrogen) atoms. The van der Waals surface area contributed by atoms with Crippen molar-refractivity contribution < 1.29 is 18.8 Å². The van der Waals surface area contributed by atoms with Gasteiger partial charge in [0.15, 0.2) is 5.69 Å². The lowest BCUT2D eigenvalue weighted by Gasteiger charge is -2.26. The Labute approximate surface area is 147 Å². The summed E-state index contributed by atoms with van der Waals surface area (Å²) in [6, 6.07) is 1.77. The molecule has 7 heteroatoms. The minimum absolute atomic E-state index is 0.123. The summed E-state index contributed by atoms with van der Waals surface area (Å²) in [4.78, 5) is 29.4. The Morgan fingerprint density at radius 2 is 2.28 bits per heavy atom. The van der Waals surface area contributed by atoms with Gasteiger partial charge >= 0.3 is 0 Å². The lowest BCUT2D eigenvalue weighted by atomic mass is 9.78. The van der Waals surface area contributed by atoms with E-state index in [-0.39, 0.29) is 17.7 Å². The largest absolute Gasteiger partial charge is 0.383 e. The minimum Gasteiger partial charge on any atom is -0.383 e. The van der Waals surface area contributed by atoms with Crippen LogP contribution in [0, 0.1) is 11.3 Å². The van der Waals surface area contributed by atoms with E-state index in [1.54, 1.807) is 18.1 Å². The zero-order valence-corrected chi connectivity index (χ0v) is 14.9. The molecule has 2 aliphatic heterocycles. The van der Waals surface area contributed by atoms with Gasteiger partial charge in [0.25, 0.3) is 5.91 Å². The number of hydrogen-bond donors (Lipinski definition) is 0. The molecule has 1 aliphatic carbocycles. The van der Waals surface area contributed by atoms with Crippen LogP contribution in [0.4, 0.5) is 0 Å². The van der Waals surface area contributed by atoms with Gasteiger partial charge in [-0.2, -0.15) is 0 Å². The molecule has 1 spiro atoms. The number of methoxy groups -OCH3 is 1. The fraction of sp³-hybridized carbons (Fsp3) is 0.722. The molecule has 0 radical (unpaired) electrons. The van der Waals surface area contributed by atoms with E-state index in [9.17, 15) is 9.59 Å². The van der Waals surface area contributed by atoms with Crippen LogP contribution in [0.15, 0.2) is 10.6 Å². The van der Waals surface area contributed by atoms with Gasteiger partial charge in [0.2, 0.25) is 5.91 Å². The van der Waals surface area contributed by atoms with E-state index in [1.165, 1.54) is 0 Å². The van der Waals surface area contributed by atoms with Crippen LogP contribution in [0.2, 0.25) is 0 Å². The predicted molar refractivity (Wildman–Crippen MR) is 89.1 cm³/mol. The second-order valence-corrected chi connectivity index (χ2v) is 7.67. The highest BCUT2D eigenvalue weighted by atomic mass is 16.5. The summed E-state index contributed by atoms with van der Waals surface area (Å²) in [7, 11) is 1.64. The molecule has 4 rings (SSSR count). The molecule has 7 nitrogen and oxygen atoms in total. The molecule has 3 fully saturated rings. The van der Waals surface area contributed by atoms with Gasteiger partial charge in [0, 0.05) is 45.3 Å². The summed E-state index contributed by atoms with van der Waals surface area (Å²) in [5.41, 5.74) is -0.0836. The molecule has 1 aromatic heterocycles. The smallest absolute Gasteiger partial charge is 0.276 e. The first-order valence-corrected chi connectivity index (χ1v) is 9.09. The third-order valence-electron chi connectivity index (χ3n) is 6.03. The second kappa shape index (κ2) is 6.12. The van der Waals surface area contributed by atoms with Crippen LogP contribution in [0.25, 0.3) is 0 Å². The van der Waals surface area contributed by atoms with Gasteiger partial charge in [-0.1, -0.05) is 12.1 Å². The van der Waals surface area contributed by atoms with Crippen LogP contribution in [-0.2, 0) is 9.53 Å². The number of carbonyl (C=O) groups is 2. The monoisotopic (exact) mass is 347 g/mol. The molecule has 3 aliphatic rings. The fourth-order valence-corrected chi connectivity index (χ4v) is 4.21. The molecule has 0 N–H and O–H groups in total. The Bertz CT molecular complexity index is 684. The number of carbonyl (C=O) groups excluding carboxylic acids is 2. The topological polar surface area (TPSA) is 75.9 Å². The summed E-state index contributed by atoms with van der Waals surface area (Å²) in [5, 5.41) is 3.96. The van der Waals surface area contributed by atoms with Crippen molar-refractivity contribution in [1.82, 2.24) is 15.0 Å². The number of likely N-dealkylation sites (tertiary alicyclic amines) is 2. The van der Waals surface area contributed by atoms with Gasteiger partial charge < -0.3 is 19.1 Å². The number of amides is 2. The Balaban J connectivity index is 1.47. The Kier molecular flexibility index (Phi) is 4.06. The normalized spacial score (nSPS) is 29.2. The van der Waals surface area contributed by atoms with E-state index in [0.29, 0.717) is 37.9 Å². The van der Waals surface area contributed by atoms with Crippen LogP contribution >= 0.6 is 0 Å². The van der Waals surface area contributed by atoms with Crippen molar-refractivity contribution in [2.24, 2.45) is 11.3 Å². The van der Waals surface area contributed by atoms with E-state index in [4.69, 9.17) is 9.26 Å². The molecule has 0 unspecified atom stereocenters. The summed E-state index contributed by atoms with van der Waals surface area (Å²) in [6.07, 6.45) is 3.02. The van der Waals surface area contributed by atoms with Crippen molar-refractivity contribution in [2.45, 2.75) is 32.1 Å². The number of ether oxygens (including phenoxy) is 1. The molecule has 2 saturated heterocycles.